The molecule has 1 aliphatic rings. The van der Waals surface area contributed by atoms with Crippen LogP contribution in [0.15, 0.2) is 17.3 Å². The zero-order chi connectivity index (χ0) is 18.4. The van der Waals surface area contributed by atoms with Crippen molar-refractivity contribution in [2.75, 3.05) is 53.4 Å². The van der Waals surface area contributed by atoms with E-state index in [1.165, 1.54) is 0 Å². The topological polar surface area (TPSA) is 56.1 Å². The van der Waals surface area contributed by atoms with Crippen LogP contribution in [0.3, 0.4) is 0 Å². The maximum atomic E-state index is 11.4. The average Bonchev–Trinajstić information content (AvgIpc) is 2.89. The first-order chi connectivity index (χ1) is 11.9. The molecule has 1 N–H and O–H groups in total. The normalized spacial score (nSPS) is 16.2. The summed E-state index contributed by atoms with van der Waals surface area (Å²) in [7, 11) is 5.80. The van der Waals surface area contributed by atoms with Crippen molar-refractivity contribution in [1.29, 1.82) is 0 Å². The lowest BCUT2D eigenvalue weighted by Crippen LogP contribution is -2.50. The van der Waals surface area contributed by atoms with Gasteiger partial charge >= 0.3 is 0 Å². The van der Waals surface area contributed by atoms with Crippen LogP contribution < -0.4 is 5.32 Å². The van der Waals surface area contributed by atoms with Gasteiger partial charge in [0.1, 0.15) is 0 Å². The summed E-state index contributed by atoms with van der Waals surface area (Å²) in [5.41, 5.74) is 1.14. The van der Waals surface area contributed by atoms with Crippen molar-refractivity contribution in [3.8, 4) is 0 Å². The molecule has 25 heavy (non-hydrogen) atoms. The number of piperazine rings is 1. The van der Waals surface area contributed by atoms with Gasteiger partial charge in [0, 0.05) is 79.2 Å². The third-order valence-corrected chi connectivity index (χ3v) is 4.78. The molecule has 1 fully saturated rings. The number of carbonyl (C=O) groups is 1. The molecule has 1 aromatic rings. The number of aliphatic imine (C=N–C) groups is 1. The van der Waals surface area contributed by atoms with Crippen LogP contribution in [0.4, 0.5) is 0 Å². The summed E-state index contributed by atoms with van der Waals surface area (Å²) in [6.45, 7) is 7.63. The zero-order valence-corrected chi connectivity index (χ0v) is 16.4. The number of hydrogen-bond acceptors (Lipinski definition) is 3. The monoisotopic (exact) mass is 368 g/mol. The summed E-state index contributed by atoms with van der Waals surface area (Å²) >= 11 is 6.05. The van der Waals surface area contributed by atoms with Gasteiger partial charge in [0.15, 0.2) is 5.96 Å². The second-order valence-corrected chi connectivity index (χ2v) is 6.87. The Kier molecular flexibility index (Phi) is 7.13. The van der Waals surface area contributed by atoms with Gasteiger partial charge in [-0.2, -0.15) is 0 Å². The van der Waals surface area contributed by atoms with E-state index in [-0.39, 0.29) is 5.91 Å². The number of nitrogens with one attached hydrogen (secondary N) is 1. The van der Waals surface area contributed by atoms with Gasteiger partial charge in [-0.1, -0.05) is 11.6 Å². The molecule has 0 unspecified atom stereocenters. The molecule has 1 aliphatic heterocycles. The smallest absolute Gasteiger partial charge is 0.219 e. The van der Waals surface area contributed by atoms with Crippen molar-refractivity contribution in [3.05, 3.63) is 23.0 Å². The van der Waals surface area contributed by atoms with Crippen molar-refractivity contribution >= 4 is 23.5 Å². The van der Waals surface area contributed by atoms with Gasteiger partial charge in [0.05, 0.1) is 11.6 Å². The van der Waals surface area contributed by atoms with Gasteiger partial charge in [-0.25, -0.2) is 0 Å². The number of carbonyl (C=O) groups excluding carboxylic acids is 1. The molecule has 1 aromatic heterocycles. The fourth-order valence-electron chi connectivity index (χ4n) is 3.04. The molecular formula is C17H29ClN6O. The van der Waals surface area contributed by atoms with Crippen molar-refractivity contribution in [2.24, 2.45) is 12.0 Å². The first-order valence-electron chi connectivity index (χ1n) is 8.61. The summed E-state index contributed by atoms with van der Waals surface area (Å²) in [6.07, 6.45) is 1.90. The number of halogens is 1. The zero-order valence-electron chi connectivity index (χ0n) is 15.6. The highest BCUT2D eigenvalue weighted by Crippen LogP contribution is 2.14. The maximum absolute atomic E-state index is 11.4. The minimum atomic E-state index is 0.167. The molecule has 0 radical (unpaired) electrons. The van der Waals surface area contributed by atoms with Crippen LogP contribution in [0, 0.1) is 0 Å². The first kappa shape index (κ1) is 19.6. The molecule has 1 saturated heterocycles. The van der Waals surface area contributed by atoms with E-state index in [2.05, 4.69) is 20.1 Å². The van der Waals surface area contributed by atoms with Gasteiger partial charge in [0.2, 0.25) is 5.91 Å². The summed E-state index contributed by atoms with van der Waals surface area (Å²) in [6, 6.07) is 1.97. The summed E-state index contributed by atoms with van der Waals surface area (Å²) in [4.78, 5) is 22.1. The number of hydrogen-bond donors (Lipinski definition) is 1. The Morgan fingerprint density at radius 2 is 2.04 bits per heavy atom. The van der Waals surface area contributed by atoms with E-state index in [1.54, 1.807) is 14.0 Å². The van der Waals surface area contributed by atoms with Crippen LogP contribution >= 0.6 is 11.6 Å². The van der Waals surface area contributed by atoms with Gasteiger partial charge in [-0.3, -0.25) is 14.7 Å². The number of guanidine groups is 1. The maximum Gasteiger partial charge on any atom is 0.219 e. The van der Waals surface area contributed by atoms with Crippen molar-refractivity contribution in [2.45, 2.75) is 13.5 Å². The minimum Gasteiger partial charge on any atom is -0.355 e. The SMILES string of the molecule is CN=C(NCCN1CCN(C(C)=O)CC1)N(C)Cc1cc(Cl)cn1C. The number of aromatic nitrogens is 1. The molecule has 7 nitrogen and oxygen atoms in total. The van der Waals surface area contributed by atoms with Crippen LogP contribution in [0.5, 0.6) is 0 Å². The van der Waals surface area contributed by atoms with E-state index < -0.39 is 0 Å². The second kappa shape index (κ2) is 9.10. The molecule has 2 rings (SSSR count). The quantitative estimate of drug-likeness (QED) is 0.618. The molecule has 0 saturated carbocycles. The first-order valence-corrected chi connectivity index (χ1v) is 8.99. The highest BCUT2D eigenvalue weighted by atomic mass is 35.5. The minimum absolute atomic E-state index is 0.167. The van der Waals surface area contributed by atoms with Gasteiger partial charge in [-0.15, -0.1) is 0 Å². The molecule has 0 aromatic carbocycles. The molecule has 0 atom stereocenters. The largest absolute Gasteiger partial charge is 0.355 e. The molecule has 2 heterocycles. The van der Waals surface area contributed by atoms with E-state index in [0.717, 1.165) is 62.5 Å². The standard InChI is InChI=1S/C17H29ClN6O/c1-14(25)24-9-7-23(8-10-24)6-5-20-17(19-2)22(4)13-16-11-15(18)12-21(16)3/h11-12H,5-10,13H2,1-4H3,(H,19,20). The molecule has 140 valence electrons. The Hall–Kier alpha value is -1.73. The van der Waals surface area contributed by atoms with E-state index in [4.69, 9.17) is 11.6 Å². The summed E-state index contributed by atoms with van der Waals surface area (Å²) in [5.74, 6) is 1.03. The van der Waals surface area contributed by atoms with Crippen LogP contribution in [0.1, 0.15) is 12.6 Å². The second-order valence-electron chi connectivity index (χ2n) is 6.44. The van der Waals surface area contributed by atoms with Crippen LogP contribution in [0.25, 0.3) is 0 Å². The molecule has 0 aliphatic carbocycles. The molecule has 0 spiro atoms. The van der Waals surface area contributed by atoms with Gasteiger partial charge < -0.3 is 19.7 Å². The summed E-state index contributed by atoms with van der Waals surface area (Å²) in [5, 5.41) is 4.16. The Morgan fingerprint density at radius 3 is 2.56 bits per heavy atom. The third-order valence-electron chi connectivity index (χ3n) is 4.58. The Morgan fingerprint density at radius 1 is 1.36 bits per heavy atom. The Bertz CT molecular complexity index is 606. The fraction of sp³-hybridized carbons (Fsp3) is 0.647. The summed E-state index contributed by atoms with van der Waals surface area (Å²) < 4.78 is 2.03. The highest BCUT2D eigenvalue weighted by molar-refractivity contribution is 6.30. The predicted octanol–water partition coefficient (Wildman–Crippen LogP) is 0.850. The van der Waals surface area contributed by atoms with E-state index >= 15 is 0 Å². The third kappa shape index (κ3) is 5.64. The van der Waals surface area contributed by atoms with Gasteiger partial charge in [-0.05, 0) is 6.07 Å². The number of rotatable bonds is 5. The Labute approximate surface area is 155 Å². The average molecular weight is 369 g/mol. The van der Waals surface area contributed by atoms with Crippen LogP contribution in [-0.2, 0) is 18.4 Å². The number of amides is 1. The fourth-order valence-corrected chi connectivity index (χ4v) is 3.31. The van der Waals surface area contributed by atoms with Crippen LogP contribution in [-0.4, -0.2) is 84.5 Å². The highest BCUT2D eigenvalue weighted by Gasteiger charge is 2.18. The molecular weight excluding hydrogens is 340 g/mol. The van der Waals surface area contributed by atoms with Crippen molar-refractivity contribution in [3.63, 3.8) is 0 Å². The van der Waals surface area contributed by atoms with Gasteiger partial charge in [0.25, 0.3) is 0 Å². The lowest BCUT2D eigenvalue weighted by Gasteiger charge is -2.34. The van der Waals surface area contributed by atoms with E-state index in [9.17, 15) is 4.79 Å². The molecule has 0 bridgehead atoms. The Balaban J connectivity index is 1.75. The molecule has 1 amide bonds. The predicted molar refractivity (Wildman–Crippen MR) is 102 cm³/mol. The lowest BCUT2D eigenvalue weighted by molar-refractivity contribution is -0.130. The number of aryl methyl sites for hydroxylation is 1. The van der Waals surface area contributed by atoms with E-state index in [1.807, 2.05) is 35.8 Å². The van der Waals surface area contributed by atoms with Crippen molar-refractivity contribution in [1.82, 2.24) is 24.6 Å². The van der Waals surface area contributed by atoms with E-state index in [0.29, 0.717) is 0 Å². The lowest BCUT2D eigenvalue weighted by atomic mass is 10.3. The van der Waals surface area contributed by atoms with Crippen molar-refractivity contribution < 1.29 is 4.79 Å². The van der Waals surface area contributed by atoms with Crippen LogP contribution in [0.2, 0.25) is 5.02 Å². The molecule has 8 heteroatoms. The number of nitrogens with zero attached hydrogens (tertiary/aromatic N) is 5.